The van der Waals surface area contributed by atoms with Crippen LogP contribution >= 0.6 is 0 Å². The fourth-order valence-corrected chi connectivity index (χ4v) is 1.41. The van der Waals surface area contributed by atoms with E-state index in [1.165, 1.54) is 25.3 Å². The first kappa shape index (κ1) is 12.6. The molecule has 16 heavy (non-hydrogen) atoms. The fourth-order valence-electron chi connectivity index (χ4n) is 1.41. The molecular formula is C12H16FNO2. The zero-order chi connectivity index (χ0) is 12.3. The van der Waals surface area contributed by atoms with Crippen molar-refractivity contribution in [3.63, 3.8) is 0 Å². The summed E-state index contributed by atoms with van der Waals surface area (Å²) in [6.07, 6.45) is 0.146. The Labute approximate surface area is 94.4 Å². The number of halogens is 1. The van der Waals surface area contributed by atoms with Crippen LogP contribution in [0.3, 0.4) is 0 Å². The Morgan fingerprint density at radius 1 is 1.50 bits per heavy atom. The van der Waals surface area contributed by atoms with Gasteiger partial charge in [0.25, 0.3) is 0 Å². The molecule has 0 aliphatic carbocycles. The zero-order valence-corrected chi connectivity index (χ0v) is 9.71. The third-order valence-electron chi connectivity index (χ3n) is 2.08. The summed E-state index contributed by atoms with van der Waals surface area (Å²) in [7, 11) is 1.44. The largest absolute Gasteiger partial charge is 0.496 e. The second-order valence-corrected chi connectivity index (χ2v) is 4.43. The monoisotopic (exact) mass is 225 g/mol. The van der Waals surface area contributed by atoms with Gasteiger partial charge in [0.2, 0.25) is 0 Å². The van der Waals surface area contributed by atoms with Crippen LogP contribution in [0.25, 0.3) is 0 Å². The molecule has 0 aromatic heterocycles. The highest BCUT2D eigenvalue weighted by Crippen LogP contribution is 2.22. The summed E-state index contributed by atoms with van der Waals surface area (Å²) >= 11 is 0. The van der Waals surface area contributed by atoms with Crippen LogP contribution in [-0.2, 0) is 0 Å². The smallest absolute Gasteiger partial charge is 0.168 e. The van der Waals surface area contributed by atoms with Crippen molar-refractivity contribution < 1.29 is 13.9 Å². The highest BCUT2D eigenvalue weighted by atomic mass is 19.1. The summed E-state index contributed by atoms with van der Waals surface area (Å²) in [5, 5.41) is 0. The number of hydrogen-bond donors (Lipinski definition) is 1. The number of hydrogen-bond acceptors (Lipinski definition) is 3. The Balaban J connectivity index is 3.02. The number of benzene rings is 1. The van der Waals surface area contributed by atoms with Gasteiger partial charge in [-0.2, -0.15) is 0 Å². The first-order valence-electron chi connectivity index (χ1n) is 4.99. The molecule has 0 spiro atoms. The van der Waals surface area contributed by atoms with Gasteiger partial charge in [-0.3, -0.25) is 4.79 Å². The van der Waals surface area contributed by atoms with Gasteiger partial charge in [0, 0.05) is 12.0 Å². The van der Waals surface area contributed by atoms with E-state index in [1.807, 2.05) is 0 Å². The Morgan fingerprint density at radius 3 is 2.62 bits per heavy atom. The van der Waals surface area contributed by atoms with E-state index in [1.54, 1.807) is 13.8 Å². The van der Waals surface area contributed by atoms with E-state index in [0.29, 0.717) is 5.75 Å². The maximum atomic E-state index is 13.0. The Bertz CT molecular complexity index is 396. The lowest BCUT2D eigenvalue weighted by Gasteiger charge is -2.17. The van der Waals surface area contributed by atoms with Gasteiger partial charge in [0.15, 0.2) is 5.78 Å². The summed E-state index contributed by atoms with van der Waals surface area (Å²) in [6.45, 7) is 3.49. The van der Waals surface area contributed by atoms with Crippen LogP contribution in [-0.4, -0.2) is 18.4 Å². The molecule has 0 amide bonds. The SMILES string of the molecule is COc1ccc(F)cc1C(=O)CC(C)(C)N. The quantitative estimate of drug-likeness (QED) is 0.799. The number of rotatable bonds is 4. The maximum Gasteiger partial charge on any atom is 0.168 e. The number of ketones is 1. The minimum absolute atomic E-state index is 0.146. The molecule has 0 atom stereocenters. The molecule has 0 fully saturated rings. The summed E-state index contributed by atoms with van der Waals surface area (Å²) in [4.78, 5) is 11.9. The molecule has 0 saturated carbocycles. The standard InChI is InChI=1S/C12H16FNO2/c1-12(2,14)7-10(15)9-6-8(13)4-5-11(9)16-3/h4-6H,7,14H2,1-3H3. The maximum absolute atomic E-state index is 13.0. The molecule has 2 N–H and O–H groups in total. The van der Waals surface area contributed by atoms with E-state index in [-0.39, 0.29) is 17.8 Å². The number of nitrogens with two attached hydrogens (primary N) is 1. The van der Waals surface area contributed by atoms with Gasteiger partial charge < -0.3 is 10.5 Å². The second-order valence-electron chi connectivity index (χ2n) is 4.43. The van der Waals surface area contributed by atoms with E-state index in [2.05, 4.69) is 0 Å². The van der Waals surface area contributed by atoms with E-state index in [4.69, 9.17) is 10.5 Å². The molecule has 1 rings (SSSR count). The predicted molar refractivity (Wildman–Crippen MR) is 60.2 cm³/mol. The minimum Gasteiger partial charge on any atom is -0.496 e. The topological polar surface area (TPSA) is 52.3 Å². The van der Waals surface area contributed by atoms with E-state index in [9.17, 15) is 9.18 Å². The number of methoxy groups -OCH3 is 1. The molecule has 1 aromatic carbocycles. The average Bonchev–Trinajstić information content (AvgIpc) is 2.15. The molecule has 0 aliphatic rings. The molecule has 0 bridgehead atoms. The molecule has 3 nitrogen and oxygen atoms in total. The van der Waals surface area contributed by atoms with Gasteiger partial charge in [0.1, 0.15) is 11.6 Å². The minimum atomic E-state index is -0.617. The molecule has 4 heteroatoms. The predicted octanol–water partition coefficient (Wildman–Crippen LogP) is 2.14. The third kappa shape index (κ3) is 3.31. The molecule has 0 aliphatic heterocycles. The number of carbonyl (C=O) groups is 1. The Hall–Kier alpha value is -1.42. The van der Waals surface area contributed by atoms with Gasteiger partial charge in [-0.1, -0.05) is 0 Å². The van der Waals surface area contributed by atoms with Crippen molar-refractivity contribution in [2.45, 2.75) is 25.8 Å². The Morgan fingerprint density at radius 2 is 2.12 bits per heavy atom. The van der Waals surface area contributed by atoms with Gasteiger partial charge in [-0.25, -0.2) is 4.39 Å². The van der Waals surface area contributed by atoms with Crippen molar-refractivity contribution in [1.29, 1.82) is 0 Å². The first-order chi connectivity index (χ1) is 7.33. The van der Waals surface area contributed by atoms with Crippen molar-refractivity contribution >= 4 is 5.78 Å². The summed E-state index contributed by atoms with van der Waals surface area (Å²) in [5.41, 5.74) is 5.37. The van der Waals surface area contributed by atoms with Crippen molar-refractivity contribution in [1.82, 2.24) is 0 Å². The molecule has 0 radical (unpaired) electrons. The van der Waals surface area contributed by atoms with Crippen LogP contribution in [0.5, 0.6) is 5.75 Å². The zero-order valence-electron chi connectivity index (χ0n) is 9.71. The van der Waals surface area contributed by atoms with Crippen molar-refractivity contribution in [3.8, 4) is 5.75 Å². The Kier molecular flexibility index (Phi) is 3.65. The normalized spacial score (nSPS) is 11.3. The van der Waals surface area contributed by atoms with Crippen LogP contribution in [0.1, 0.15) is 30.6 Å². The van der Waals surface area contributed by atoms with Crippen molar-refractivity contribution in [2.75, 3.05) is 7.11 Å². The average molecular weight is 225 g/mol. The van der Waals surface area contributed by atoms with E-state index >= 15 is 0 Å². The number of carbonyl (C=O) groups excluding carboxylic acids is 1. The lowest BCUT2D eigenvalue weighted by Crippen LogP contribution is -2.34. The summed E-state index contributed by atoms with van der Waals surface area (Å²) < 4.78 is 18.0. The molecule has 0 unspecified atom stereocenters. The van der Waals surface area contributed by atoms with Crippen LogP contribution in [0, 0.1) is 5.82 Å². The van der Waals surface area contributed by atoms with Gasteiger partial charge in [0.05, 0.1) is 12.7 Å². The highest BCUT2D eigenvalue weighted by molar-refractivity contribution is 5.99. The molecule has 88 valence electrons. The second kappa shape index (κ2) is 4.61. The van der Waals surface area contributed by atoms with Gasteiger partial charge >= 0.3 is 0 Å². The van der Waals surface area contributed by atoms with Crippen molar-refractivity contribution in [2.24, 2.45) is 5.73 Å². The van der Waals surface area contributed by atoms with Crippen LogP contribution in [0.15, 0.2) is 18.2 Å². The lowest BCUT2D eigenvalue weighted by molar-refractivity contribution is 0.0957. The van der Waals surface area contributed by atoms with E-state index < -0.39 is 11.4 Å². The first-order valence-corrected chi connectivity index (χ1v) is 4.99. The van der Waals surface area contributed by atoms with Crippen LogP contribution in [0.4, 0.5) is 4.39 Å². The van der Waals surface area contributed by atoms with Gasteiger partial charge in [-0.05, 0) is 32.0 Å². The van der Waals surface area contributed by atoms with Gasteiger partial charge in [-0.15, -0.1) is 0 Å². The molecule has 0 heterocycles. The van der Waals surface area contributed by atoms with Crippen molar-refractivity contribution in [3.05, 3.63) is 29.6 Å². The summed E-state index contributed by atoms with van der Waals surface area (Å²) in [5.74, 6) is -0.307. The number of ether oxygens (including phenoxy) is 1. The lowest BCUT2D eigenvalue weighted by atomic mass is 9.95. The molecular weight excluding hydrogens is 209 g/mol. The molecule has 0 saturated heterocycles. The van der Waals surface area contributed by atoms with E-state index in [0.717, 1.165) is 0 Å². The fraction of sp³-hybridized carbons (Fsp3) is 0.417. The third-order valence-corrected chi connectivity index (χ3v) is 2.08. The van der Waals surface area contributed by atoms with Crippen LogP contribution in [0.2, 0.25) is 0 Å². The summed E-state index contributed by atoms with van der Waals surface area (Å²) in [6, 6.07) is 3.86. The highest BCUT2D eigenvalue weighted by Gasteiger charge is 2.20. The van der Waals surface area contributed by atoms with Crippen LogP contribution < -0.4 is 10.5 Å². The number of Topliss-reactive ketones (excluding diaryl/α,β-unsaturated/α-hetero) is 1. The molecule has 1 aromatic rings.